The summed E-state index contributed by atoms with van der Waals surface area (Å²) in [6.45, 7) is 4.17. The molecule has 1 heterocycles. The van der Waals surface area contributed by atoms with E-state index in [2.05, 4.69) is 18.9 Å². The number of nitrogens with zero attached hydrogens (tertiary/aromatic N) is 2. The van der Waals surface area contributed by atoms with E-state index >= 15 is 0 Å². The lowest BCUT2D eigenvalue weighted by Crippen LogP contribution is -2.02. The summed E-state index contributed by atoms with van der Waals surface area (Å²) in [5.74, 6) is 0.582. The first-order valence-corrected chi connectivity index (χ1v) is 4.37. The number of aryl methyl sites for hydroxylation is 2. The molecule has 1 aromatic rings. The Morgan fingerprint density at radius 2 is 2.08 bits per heavy atom. The average molecular weight is 165 g/mol. The molecule has 3 nitrogen and oxygen atoms in total. The van der Waals surface area contributed by atoms with Gasteiger partial charge in [0.25, 0.3) is 0 Å². The molecule has 1 fully saturated rings. The summed E-state index contributed by atoms with van der Waals surface area (Å²) in [5.41, 5.74) is 9.60. The molecule has 1 aliphatic carbocycles. The van der Waals surface area contributed by atoms with Crippen molar-refractivity contribution >= 4 is 0 Å². The lowest BCUT2D eigenvalue weighted by atomic mass is 10.1. The summed E-state index contributed by atoms with van der Waals surface area (Å²) >= 11 is 0. The molecule has 0 bridgehead atoms. The Morgan fingerprint density at radius 1 is 1.50 bits per heavy atom. The van der Waals surface area contributed by atoms with Crippen LogP contribution in [0.3, 0.4) is 0 Å². The third-order valence-corrected chi connectivity index (χ3v) is 2.78. The highest BCUT2D eigenvalue weighted by molar-refractivity contribution is 5.34. The van der Waals surface area contributed by atoms with Crippen LogP contribution in [0.2, 0.25) is 0 Å². The Hall–Kier alpha value is -0.830. The molecule has 3 heteroatoms. The third-order valence-electron chi connectivity index (χ3n) is 2.78. The first-order chi connectivity index (χ1) is 5.61. The summed E-state index contributed by atoms with van der Waals surface area (Å²) in [4.78, 5) is 0. The number of rotatable bonds is 1. The van der Waals surface area contributed by atoms with Gasteiger partial charge in [0.15, 0.2) is 0 Å². The molecule has 1 aliphatic rings. The second-order valence-electron chi connectivity index (χ2n) is 3.71. The van der Waals surface area contributed by atoms with Gasteiger partial charge in [-0.15, -0.1) is 0 Å². The summed E-state index contributed by atoms with van der Waals surface area (Å²) in [6.07, 6.45) is 1.13. The zero-order valence-corrected chi connectivity index (χ0v) is 7.83. The van der Waals surface area contributed by atoms with E-state index in [9.17, 15) is 0 Å². The third kappa shape index (κ3) is 0.966. The minimum Gasteiger partial charge on any atom is -0.327 e. The zero-order valence-electron chi connectivity index (χ0n) is 7.83. The summed E-state index contributed by atoms with van der Waals surface area (Å²) in [7, 11) is 1.99. The Morgan fingerprint density at radius 3 is 2.42 bits per heavy atom. The van der Waals surface area contributed by atoms with E-state index in [0.717, 1.165) is 12.1 Å². The number of hydrogen-bond acceptors (Lipinski definition) is 2. The maximum atomic E-state index is 5.81. The van der Waals surface area contributed by atoms with Gasteiger partial charge in [0.05, 0.1) is 5.69 Å². The van der Waals surface area contributed by atoms with Crippen LogP contribution in [0.4, 0.5) is 0 Å². The minimum absolute atomic E-state index is 0.381. The highest BCUT2D eigenvalue weighted by Gasteiger charge is 2.38. The van der Waals surface area contributed by atoms with Gasteiger partial charge in [-0.1, -0.05) is 0 Å². The van der Waals surface area contributed by atoms with Gasteiger partial charge >= 0.3 is 0 Å². The van der Waals surface area contributed by atoms with Gasteiger partial charge in [0.1, 0.15) is 0 Å². The van der Waals surface area contributed by atoms with Crippen molar-refractivity contribution in [3.8, 4) is 0 Å². The number of aromatic nitrogens is 2. The van der Waals surface area contributed by atoms with Crippen LogP contribution in [0.15, 0.2) is 0 Å². The first kappa shape index (κ1) is 7.80. The van der Waals surface area contributed by atoms with Crippen LogP contribution in [-0.2, 0) is 7.05 Å². The van der Waals surface area contributed by atoms with Gasteiger partial charge in [-0.3, -0.25) is 4.68 Å². The van der Waals surface area contributed by atoms with E-state index in [4.69, 9.17) is 5.73 Å². The van der Waals surface area contributed by atoms with Crippen LogP contribution in [-0.4, -0.2) is 15.8 Å². The zero-order chi connectivity index (χ0) is 8.88. The largest absolute Gasteiger partial charge is 0.327 e. The number of hydrogen-bond donors (Lipinski definition) is 1. The lowest BCUT2D eigenvalue weighted by molar-refractivity contribution is 0.730. The van der Waals surface area contributed by atoms with Crippen molar-refractivity contribution < 1.29 is 0 Å². The second kappa shape index (κ2) is 2.33. The molecule has 0 aromatic carbocycles. The fourth-order valence-corrected chi connectivity index (χ4v) is 1.87. The van der Waals surface area contributed by atoms with Gasteiger partial charge in [-0.25, -0.2) is 0 Å². The monoisotopic (exact) mass is 165 g/mol. The van der Waals surface area contributed by atoms with Crippen molar-refractivity contribution in [3.63, 3.8) is 0 Å². The highest BCUT2D eigenvalue weighted by Crippen LogP contribution is 2.41. The van der Waals surface area contributed by atoms with Crippen LogP contribution in [0.5, 0.6) is 0 Å². The van der Waals surface area contributed by atoms with Crippen LogP contribution < -0.4 is 5.73 Å². The highest BCUT2D eigenvalue weighted by atomic mass is 15.3. The SMILES string of the molecule is Cc1nn(C)c(C)c1[C@@H]1C[C@H]1N. The second-order valence-corrected chi connectivity index (χ2v) is 3.71. The molecule has 0 unspecified atom stereocenters. The predicted molar refractivity (Wildman–Crippen MR) is 48.0 cm³/mol. The van der Waals surface area contributed by atoms with E-state index < -0.39 is 0 Å². The van der Waals surface area contributed by atoms with Gasteiger partial charge in [0.2, 0.25) is 0 Å². The van der Waals surface area contributed by atoms with Gasteiger partial charge in [-0.05, 0) is 20.3 Å². The van der Waals surface area contributed by atoms with Crippen molar-refractivity contribution in [1.29, 1.82) is 0 Å². The molecule has 2 N–H and O–H groups in total. The van der Waals surface area contributed by atoms with E-state index in [1.165, 1.54) is 11.3 Å². The van der Waals surface area contributed by atoms with Crippen molar-refractivity contribution in [1.82, 2.24) is 9.78 Å². The molecule has 1 saturated carbocycles. The molecular weight excluding hydrogens is 150 g/mol. The normalized spacial score (nSPS) is 27.7. The molecule has 0 spiro atoms. The maximum absolute atomic E-state index is 5.81. The van der Waals surface area contributed by atoms with Crippen LogP contribution in [0, 0.1) is 13.8 Å². The molecule has 2 rings (SSSR count). The molecule has 0 saturated heterocycles. The van der Waals surface area contributed by atoms with Crippen LogP contribution in [0.25, 0.3) is 0 Å². The quantitative estimate of drug-likeness (QED) is 0.670. The molecule has 0 radical (unpaired) electrons. The maximum Gasteiger partial charge on any atom is 0.0631 e. The van der Waals surface area contributed by atoms with Crippen molar-refractivity contribution in [2.24, 2.45) is 12.8 Å². The fraction of sp³-hybridized carbons (Fsp3) is 0.667. The molecule has 66 valence electrons. The van der Waals surface area contributed by atoms with Gasteiger partial charge in [0, 0.05) is 30.3 Å². The van der Waals surface area contributed by atoms with Crippen molar-refractivity contribution in [2.75, 3.05) is 0 Å². The fourth-order valence-electron chi connectivity index (χ4n) is 1.87. The van der Waals surface area contributed by atoms with Gasteiger partial charge < -0.3 is 5.73 Å². The first-order valence-electron chi connectivity index (χ1n) is 4.37. The van der Waals surface area contributed by atoms with E-state index in [1.54, 1.807) is 0 Å². The van der Waals surface area contributed by atoms with Crippen LogP contribution in [0.1, 0.15) is 29.3 Å². The summed E-state index contributed by atoms with van der Waals surface area (Å²) in [6, 6.07) is 0.381. The Bertz CT molecular complexity index is 314. The van der Waals surface area contributed by atoms with E-state index in [-0.39, 0.29) is 0 Å². The lowest BCUT2D eigenvalue weighted by Gasteiger charge is -1.98. The molecule has 0 amide bonds. The molecule has 2 atom stereocenters. The Kier molecular flexibility index (Phi) is 1.51. The molecule has 0 aliphatic heterocycles. The topological polar surface area (TPSA) is 43.8 Å². The minimum atomic E-state index is 0.381. The molecule has 1 aromatic heterocycles. The van der Waals surface area contributed by atoms with Crippen LogP contribution >= 0.6 is 0 Å². The summed E-state index contributed by atoms with van der Waals surface area (Å²) < 4.78 is 1.94. The van der Waals surface area contributed by atoms with Gasteiger partial charge in [-0.2, -0.15) is 5.10 Å². The van der Waals surface area contributed by atoms with Crippen molar-refractivity contribution in [2.45, 2.75) is 32.2 Å². The molecular formula is C9H15N3. The van der Waals surface area contributed by atoms with Crippen molar-refractivity contribution in [3.05, 3.63) is 17.0 Å². The molecule has 12 heavy (non-hydrogen) atoms. The summed E-state index contributed by atoms with van der Waals surface area (Å²) in [5, 5.41) is 4.37. The van der Waals surface area contributed by atoms with E-state index in [0.29, 0.717) is 12.0 Å². The Labute approximate surface area is 72.6 Å². The number of nitrogens with two attached hydrogens (primary N) is 1. The smallest absolute Gasteiger partial charge is 0.0631 e. The average Bonchev–Trinajstić information content (AvgIpc) is 2.61. The standard InChI is InChI=1S/C9H15N3/c1-5-9(7-4-8(7)10)6(2)12(3)11-5/h7-8H,4,10H2,1-3H3/t7-,8-/m1/s1. The predicted octanol–water partition coefficient (Wildman–Crippen LogP) is 0.852. The van der Waals surface area contributed by atoms with E-state index in [1.807, 2.05) is 11.7 Å². The Balaban J connectivity index is 2.42.